The quantitative estimate of drug-likeness (QED) is 0.574. The van der Waals surface area contributed by atoms with E-state index >= 15 is 0 Å². The van der Waals surface area contributed by atoms with Crippen LogP contribution in [0.25, 0.3) is 0 Å². The molecule has 0 aliphatic carbocycles. The molecule has 0 radical (unpaired) electrons. The zero-order valence-electron chi connectivity index (χ0n) is 13.6. The van der Waals surface area contributed by atoms with E-state index in [4.69, 9.17) is 9.84 Å². The van der Waals surface area contributed by atoms with Gasteiger partial charge >= 0.3 is 5.97 Å². The number of carboxylic acid groups (broad SMARTS) is 1. The second-order valence-corrected chi connectivity index (χ2v) is 6.87. The second-order valence-electron chi connectivity index (χ2n) is 5.10. The minimum Gasteiger partial charge on any atom is -0.477 e. The summed E-state index contributed by atoms with van der Waals surface area (Å²) >= 11 is 0. The Morgan fingerprint density at radius 3 is 2.56 bits per heavy atom. The minimum absolute atomic E-state index is 0.0476. The van der Waals surface area contributed by atoms with Gasteiger partial charge in [0.1, 0.15) is 5.82 Å². The number of aromatic nitrogens is 1. The zero-order chi connectivity index (χ0) is 18.3. The first-order valence-corrected chi connectivity index (χ1v) is 8.92. The number of methoxy groups -OCH3 is 1. The number of hydrogen-bond donors (Lipinski definition) is 3. The van der Waals surface area contributed by atoms with Crippen LogP contribution in [-0.4, -0.2) is 44.7 Å². The molecule has 2 aromatic rings. The van der Waals surface area contributed by atoms with Crippen LogP contribution in [0.5, 0.6) is 0 Å². The molecule has 134 valence electrons. The van der Waals surface area contributed by atoms with Crippen LogP contribution in [0.15, 0.2) is 47.4 Å². The maximum absolute atomic E-state index is 12.1. The van der Waals surface area contributed by atoms with E-state index in [2.05, 4.69) is 15.0 Å². The van der Waals surface area contributed by atoms with E-state index in [1.807, 2.05) is 0 Å². The number of nitrogens with one attached hydrogen (secondary N) is 2. The van der Waals surface area contributed by atoms with Gasteiger partial charge in [-0.3, -0.25) is 0 Å². The number of pyridine rings is 1. The summed E-state index contributed by atoms with van der Waals surface area (Å²) in [5, 5.41) is 11.9. The molecule has 25 heavy (non-hydrogen) atoms. The molecule has 0 bridgehead atoms. The van der Waals surface area contributed by atoms with Crippen LogP contribution in [0.3, 0.4) is 0 Å². The third-order valence-corrected chi connectivity index (χ3v) is 4.75. The van der Waals surface area contributed by atoms with Crippen molar-refractivity contribution in [1.82, 2.24) is 9.71 Å². The van der Waals surface area contributed by atoms with Gasteiger partial charge in [-0.05, 0) is 29.8 Å². The van der Waals surface area contributed by atoms with Gasteiger partial charge in [0.15, 0.2) is 5.69 Å². The van der Waals surface area contributed by atoms with Gasteiger partial charge in [0.25, 0.3) is 0 Å². The molecule has 8 nitrogen and oxygen atoms in total. The van der Waals surface area contributed by atoms with E-state index < -0.39 is 16.0 Å². The molecular formula is C16H19N3O5S. The van der Waals surface area contributed by atoms with Crippen molar-refractivity contribution < 1.29 is 23.1 Å². The molecule has 0 spiro atoms. The summed E-state index contributed by atoms with van der Waals surface area (Å²) in [4.78, 5) is 15.0. The predicted molar refractivity (Wildman–Crippen MR) is 92.0 cm³/mol. The molecule has 3 N–H and O–H groups in total. The number of ether oxygens (including phenoxy) is 1. The van der Waals surface area contributed by atoms with Crippen LogP contribution in [-0.2, 0) is 21.3 Å². The van der Waals surface area contributed by atoms with Gasteiger partial charge in [-0.15, -0.1) is 0 Å². The van der Waals surface area contributed by atoms with Gasteiger partial charge in [0.2, 0.25) is 10.0 Å². The van der Waals surface area contributed by atoms with Crippen molar-refractivity contribution >= 4 is 21.8 Å². The fourth-order valence-corrected chi connectivity index (χ4v) is 3.01. The minimum atomic E-state index is -3.56. The van der Waals surface area contributed by atoms with Crippen molar-refractivity contribution in [3.63, 3.8) is 0 Å². The van der Waals surface area contributed by atoms with Crippen LogP contribution in [0, 0.1) is 0 Å². The number of hydrogen-bond acceptors (Lipinski definition) is 6. The lowest BCUT2D eigenvalue weighted by molar-refractivity contribution is 0.0690. The summed E-state index contributed by atoms with van der Waals surface area (Å²) in [5.74, 6) is -0.669. The Morgan fingerprint density at radius 1 is 1.20 bits per heavy atom. The highest BCUT2D eigenvalue weighted by Gasteiger charge is 2.13. The first-order valence-electron chi connectivity index (χ1n) is 7.44. The number of sulfonamides is 1. The summed E-state index contributed by atoms with van der Waals surface area (Å²) in [6.07, 6.45) is 0. The summed E-state index contributed by atoms with van der Waals surface area (Å²) < 4.78 is 31.3. The first-order chi connectivity index (χ1) is 11.9. The largest absolute Gasteiger partial charge is 0.477 e. The van der Waals surface area contributed by atoms with Gasteiger partial charge in [-0.25, -0.2) is 22.9 Å². The van der Waals surface area contributed by atoms with Gasteiger partial charge < -0.3 is 15.2 Å². The molecular weight excluding hydrogens is 346 g/mol. The van der Waals surface area contributed by atoms with Gasteiger partial charge in [0.05, 0.1) is 11.5 Å². The molecule has 0 aliphatic rings. The fourth-order valence-electron chi connectivity index (χ4n) is 1.99. The summed E-state index contributed by atoms with van der Waals surface area (Å²) in [7, 11) is -2.06. The SMILES string of the molecule is COCCNS(=O)(=O)c1ccc(CNc2cccc(C(=O)O)n2)cc1. The standard InChI is InChI=1S/C16H19N3O5S/c1-24-10-9-18-25(22,23)13-7-5-12(6-8-13)11-17-15-4-2-3-14(19-15)16(20)21/h2-8,18H,9-11H2,1H3,(H,17,19)(H,20,21). The van der Waals surface area contributed by atoms with E-state index in [0.29, 0.717) is 19.0 Å². The van der Waals surface area contributed by atoms with Crippen LogP contribution < -0.4 is 10.0 Å². The number of benzene rings is 1. The average Bonchev–Trinajstić information content (AvgIpc) is 2.60. The van der Waals surface area contributed by atoms with Crippen LogP contribution >= 0.6 is 0 Å². The Hall–Kier alpha value is -2.49. The van der Waals surface area contributed by atoms with Gasteiger partial charge in [-0.2, -0.15) is 0 Å². The topological polar surface area (TPSA) is 118 Å². The predicted octanol–water partition coefficient (Wildman–Crippen LogP) is 1.32. The Morgan fingerprint density at radius 2 is 1.92 bits per heavy atom. The fraction of sp³-hybridized carbons (Fsp3) is 0.250. The third kappa shape index (κ3) is 5.52. The van der Waals surface area contributed by atoms with Crippen LogP contribution in [0.1, 0.15) is 16.1 Å². The highest BCUT2D eigenvalue weighted by Crippen LogP contribution is 2.12. The first kappa shape index (κ1) is 18.8. The molecule has 0 saturated carbocycles. The molecule has 1 aromatic carbocycles. The number of anilines is 1. The number of carbonyl (C=O) groups is 1. The Bertz CT molecular complexity index is 822. The van der Waals surface area contributed by atoms with Gasteiger partial charge in [-0.1, -0.05) is 18.2 Å². The number of rotatable bonds is 9. The molecule has 0 unspecified atom stereocenters. The number of aromatic carboxylic acids is 1. The maximum Gasteiger partial charge on any atom is 0.354 e. The molecule has 1 aromatic heterocycles. The Balaban J connectivity index is 1.98. The van der Waals surface area contributed by atoms with Crippen molar-refractivity contribution in [3.05, 3.63) is 53.7 Å². The monoisotopic (exact) mass is 365 g/mol. The molecule has 0 aliphatic heterocycles. The van der Waals surface area contributed by atoms with Crippen LogP contribution in [0.2, 0.25) is 0 Å². The van der Waals surface area contributed by atoms with Crippen molar-refractivity contribution in [2.75, 3.05) is 25.6 Å². The van der Waals surface area contributed by atoms with E-state index in [0.717, 1.165) is 5.56 Å². The van der Waals surface area contributed by atoms with E-state index in [1.165, 1.54) is 25.3 Å². The van der Waals surface area contributed by atoms with Crippen molar-refractivity contribution in [3.8, 4) is 0 Å². The lowest BCUT2D eigenvalue weighted by Crippen LogP contribution is -2.27. The van der Waals surface area contributed by atoms with Crippen molar-refractivity contribution in [2.45, 2.75) is 11.4 Å². The Labute approximate surface area is 145 Å². The lowest BCUT2D eigenvalue weighted by atomic mass is 10.2. The van der Waals surface area contributed by atoms with E-state index in [1.54, 1.807) is 24.3 Å². The second kappa shape index (κ2) is 8.56. The normalized spacial score (nSPS) is 11.2. The molecule has 1 heterocycles. The molecule has 9 heteroatoms. The van der Waals surface area contributed by atoms with Crippen LogP contribution in [0.4, 0.5) is 5.82 Å². The summed E-state index contributed by atoms with van der Waals surface area (Å²) in [6, 6.07) is 11.0. The molecule has 0 atom stereocenters. The number of carboxylic acids is 1. The molecule has 0 amide bonds. The Kier molecular flexibility index (Phi) is 6.45. The summed E-state index contributed by atoms with van der Waals surface area (Å²) in [6.45, 7) is 0.880. The lowest BCUT2D eigenvalue weighted by Gasteiger charge is -2.09. The molecule has 2 rings (SSSR count). The summed E-state index contributed by atoms with van der Waals surface area (Å²) in [5.41, 5.74) is 0.784. The maximum atomic E-state index is 12.1. The average molecular weight is 365 g/mol. The molecule has 0 saturated heterocycles. The highest BCUT2D eigenvalue weighted by atomic mass is 32.2. The molecule has 0 fully saturated rings. The number of nitrogens with zero attached hydrogens (tertiary/aromatic N) is 1. The smallest absolute Gasteiger partial charge is 0.354 e. The third-order valence-electron chi connectivity index (χ3n) is 3.27. The highest BCUT2D eigenvalue weighted by molar-refractivity contribution is 7.89. The van der Waals surface area contributed by atoms with Crippen molar-refractivity contribution in [1.29, 1.82) is 0 Å². The van der Waals surface area contributed by atoms with Crippen molar-refractivity contribution in [2.24, 2.45) is 0 Å². The van der Waals surface area contributed by atoms with E-state index in [-0.39, 0.29) is 17.1 Å². The van der Waals surface area contributed by atoms with E-state index in [9.17, 15) is 13.2 Å². The van der Waals surface area contributed by atoms with Gasteiger partial charge in [0, 0.05) is 20.2 Å². The zero-order valence-corrected chi connectivity index (χ0v) is 14.4.